The number of carbonyl (C=O) groups is 4. The van der Waals surface area contributed by atoms with Gasteiger partial charge in [0.2, 0.25) is 6.10 Å². The topological polar surface area (TPSA) is 124 Å². The van der Waals surface area contributed by atoms with E-state index >= 15 is 0 Å². The van der Waals surface area contributed by atoms with Crippen molar-refractivity contribution in [2.75, 3.05) is 13.2 Å². The van der Waals surface area contributed by atoms with Crippen LogP contribution < -0.4 is 4.74 Å². The van der Waals surface area contributed by atoms with Crippen molar-refractivity contribution in [2.45, 2.75) is 71.6 Å². The molecule has 1 fully saturated rings. The van der Waals surface area contributed by atoms with E-state index in [1.54, 1.807) is 18.2 Å². The third-order valence-electron chi connectivity index (χ3n) is 6.05. The zero-order chi connectivity index (χ0) is 29.4. The van der Waals surface area contributed by atoms with E-state index < -0.39 is 48.0 Å². The molecule has 0 saturated carbocycles. The summed E-state index contributed by atoms with van der Waals surface area (Å²) >= 11 is 6.54. The van der Waals surface area contributed by atoms with Crippen LogP contribution in [0.4, 0.5) is 0 Å². The first-order valence-electron chi connectivity index (χ1n) is 12.8. The highest BCUT2D eigenvalue weighted by atomic mass is 35.5. The largest absolute Gasteiger partial charge is 0.494 e. The van der Waals surface area contributed by atoms with Gasteiger partial charge in [0.15, 0.2) is 6.10 Å². The maximum absolute atomic E-state index is 12.2. The fraction of sp³-hybridized carbons (Fsp3) is 0.448. The molecule has 0 N–H and O–H groups in total. The van der Waals surface area contributed by atoms with Crippen molar-refractivity contribution >= 4 is 35.5 Å². The number of carbonyl (C=O) groups excluding carboxylic acids is 4. The number of esters is 4. The van der Waals surface area contributed by atoms with E-state index in [4.69, 9.17) is 40.0 Å². The quantitative estimate of drug-likeness (QED) is 0.279. The summed E-state index contributed by atoms with van der Waals surface area (Å²) in [6.45, 7) is 7.00. The van der Waals surface area contributed by atoms with Gasteiger partial charge < -0.3 is 28.4 Å². The minimum absolute atomic E-state index is 0.189. The summed E-state index contributed by atoms with van der Waals surface area (Å²) in [6.07, 6.45) is -3.30. The molecule has 1 saturated heterocycles. The molecule has 2 aromatic rings. The maximum Gasteiger partial charge on any atom is 0.305 e. The summed E-state index contributed by atoms with van der Waals surface area (Å²) < 4.78 is 33.6. The molecule has 10 nitrogen and oxygen atoms in total. The van der Waals surface area contributed by atoms with Gasteiger partial charge in [0, 0.05) is 32.7 Å². The van der Waals surface area contributed by atoms with Crippen LogP contribution in [0.1, 0.15) is 63.8 Å². The van der Waals surface area contributed by atoms with E-state index in [-0.39, 0.29) is 13.0 Å². The molecule has 1 heterocycles. The molecule has 0 bridgehead atoms. The summed E-state index contributed by atoms with van der Waals surface area (Å²) in [7, 11) is 0. The van der Waals surface area contributed by atoms with Crippen molar-refractivity contribution in [3.63, 3.8) is 0 Å². The van der Waals surface area contributed by atoms with Gasteiger partial charge in [-0.2, -0.15) is 0 Å². The molecule has 3 rings (SSSR count). The molecule has 11 heteroatoms. The van der Waals surface area contributed by atoms with E-state index in [2.05, 4.69) is 0 Å². The molecule has 40 heavy (non-hydrogen) atoms. The Morgan fingerprint density at radius 2 is 1.57 bits per heavy atom. The van der Waals surface area contributed by atoms with Gasteiger partial charge in [-0.25, -0.2) is 0 Å². The van der Waals surface area contributed by atoms with Crippen molar-refractivity contribution in [3.8, 4) is 5.75 Å². The Morgan fingerprint density at radius 3 is 2.15 bits per heavy atom. The van der Waals surface area contributed by atoms with Gasteiger partial charge in [0.25, 0.3) is 5.79 Å². The molecule has 1 aliphatic heterocycles. The van der Waals surface area contributed by atoms with Crippen LogP contribution in [0, 0.1) is 0 Å². The predicted octanol–water partition coefficient (Wildman–Crippen LogP) is 4.48. The Kier molecular flexibility index (Phi) is 10.5. The molecule has 0 radical (unpaired) electrons. The number of halogens is 1. The minimum atomic E-state index is -1.91. The smallest absolute Gasteiger partial charge is 0.305 e. The first kappa shape index (κ1) is 30.9. The molecule has 0 spiro atoms. The van der Waals surface area contributed by atoms with Crippen LogP contribution in [0.5, 0.6) is 5.75 Å². The number of hydrogen-bond acceptors (Lipinski definition) is 10. The van der Waals surface area contributed by atoms with Crippen molar-refractivity contribution in [3.05, 3.63) is 64.2 Å². The van der Waals surface area contributed by atoms with Gasteiger partial charge in [-0.05, 0) is 48.2 Å². The lowest BCUT2D eigenvalue weighted by Gasteiger charge is -2.33. The summed E-state index contributed by atoms with van der Waals surface area (Å²) in [4.78, 5) is 47.9. The van der Waals surface area contributed by atoms with Gasteiger partial charge in [0.1, 0.15) is 11.9 Å². The van der Waals surface area contributed by atoms with Gasteiger partial charge in [0.05, 0.1) is 19.6 Å². The fourth-order valence-corrected chi connectivity index (χ4v) is 4.76. The first-order chi connectivity index (χ1) is 18.9. The summed E-state index contributed by atoms with van der Waals surface area (Å²) in [6, 6.07) is 12.8. The second-order valence-electron chi connectivity index (χ2n) is 9.24. The number of ether oxygens (including phenoxy) is 6. The molecule has 0 aliphatic carbocycles. The van der Waals surface area contributed by atoms with Crippen molar-refractivity contribution < 1.29 is 47.6 Å². The van der Waals surface area contributed by atoms with E-state index in [1.165, 1.54) is 20.8 Å². The second kappa shape index (κ2) is 13.6. The SMILES string of the molecule is CCOc1ccc(Cc2cc(C3O[C@@](CCOC(C)=O)(OC(C)=O)[C@H](OC(C)=O)[C@H]3OC(C)=O)ccc2Cl)cc1. The number of hydrogen-bond donors (Lipinski definition) is 0. The summed E-state index contributed by atoms with van der Waals surface area (Å²) in [5.41, 5.74) is 2.26. The van der Waals surface area contributed by atoms with E-state index in [0.29, 0.717) is 23.6 Å². The summed E-state index contributed by atoms with van der Waals surface area (Å²) in [5.74, 6) is -3.85. The van der Waals surface area contributed by atoms with Crippen molar-refractivity contribution in [2.24, 2.45) is 0 Å². The van der Waals surface area contributed by atoms with E-state index in [0.717, 1.165) is 23.8 Å². The Labute approximate surface area is 237 Å². The molecule has 0 amide bonds. The van der Waals surface area contributed by atoms with Crippen LogP contribution in [0.3, 0.4) is 0 Å². The fourth-order valence-electron chi connectivity index (χ4n) is 4.58. The molecule has 1 unspecified atom stereocenters. The van der Waals surface area contributed by atoms with E-state index in [1.807, 2.05) is 31.2 Å². The standard InChI is InChI=1S/C29H33ClO10/c1-6-35-24-10-7-21(8-11-24)15-23-16-22(9-12-25(23)30)26-27(37-18(3)32)28(38-19(4)33)29(40-26,39-20(5)34)13-14-36-17(2)31/h7-12,16,26-28H,6,13-15H2,1-5H3/t26?,27-,28+,29+/m0/s1. The average molecular weight is 577 g/mol. The van der Waals surface area contributed by atoms with Crippen LogP contribution in [0.15, 0.2) is 42.5 Å². The molecular formula is C29H33ClO10. The van der Waals surface area contributed by atoms with Crippen LogP contribution >= 0.6 is 11.6 Å². The lowest BCUT2D eigenvalue weighted by molar-refractivity contribution is -0.258. The lowest BCUT2D eigenvalue weighted by Crippen LogP contribution is -2.50. The molecule has 216 valence electrons. The molecule has 0 aromatic heterocycles. The molecule has 1 aliphatic rings. The maximum atomic E-state index is 12.2. The third kappa shape index (κ3) is 7.95. The average Bonchev–Trinajstić information content (AvgIpc) is 3.13. The minimum Gasteiger partial charge on any atom is -0.494 e. The van der Waals surface area contributed by atoms with Crippen LogP contribution in [0.2, 0.25) is 5.02 Å². The highest BCUT2D eigenvalue weighted by Crippen LogP contribution is 2.46. The highest BCUT2D eigenvalue weighted by molar-refractivity contribution is 6.31. The van der Waals surface area contributed by atoms with Gasteiger partial charge in [-0.1, -0.05) is 35.9 Å². The Bertz CT molecular complexity index is 1230. The van der Waals surface area contributed by atoms with Crippen LogP contribution in [-0.2, 0) is 49.3 Å². The second-order valence-corrected chi connectivity index (χ2v) is 9.65. The number of rotatable bonds is 11. The molecule has 2 aromatic carbocycles. The Hall–Kier alpha value is -3.63. The first-order valence-corrected chi connectivity index (χ1v) is 13.2. The third-order valence-corrected chi connectivity index (χ3v) is 6.42. The zero-order valence-corrected chi connectivity index (χ0v) is 23.8. The van der Waals surface area contributed by atoms with Crippen LogP contribution in [0.25, 0.3) is 0 Å². The zero-order valence-electron chi connectivity index (χ0n) is 23.1. The molecular weight excluding hydrogens is 544 g/mol. The summed E-state index contributed by atoms with van der Waals surface area (Å²) in [5, 5.41) is 0.498. The van der Waals surface area contributed by atoms with E-state index in [9.17, 15) is 19.2 Å². The number of benzene rings is 2. The van der Waals surface area contributed by atoms with Crippen molar-refractivity contribution in [1.29, 1.82) is 0 Å². The van der Waals surface area contributed by atoms with Gasteiger partial charge in [-0.15, -0.1) is 0 Å². The van der Waals surface area contributed by atoms with Gasteiger partial charge in [-0.3, -0.25) is 19.2 Å². The Balaban J connectivity index is 2.03. The van der Waals surface area contributed by atoms with Gasteiger partial charge >= 0.3 is 23.9 Å². The molecule has 4 atom stereocenters. The Morgan fingerprint density at radius 1 is 0.900 bits per heavy atom. The lowest BCUT2D eigenvalue weighted by atomic mass is 9.95. The van der Waals surface area contributed by atoms with Crippen LogP contribution in [-0.4, -0.2) is 55.1 Å². The highest BCUT2D eigenvalue weighted by Gasteiger charge is 2.62. The monoisotopic (exact) mass is 576 g/mol. The predicted molar refractivity (Wildman–Crippen MR) is 143 cm³/mol. The van der Waals surface area contributed by atoms with Crippen molar-refractivity contribution in [1.82, 2.24) is 0 Å². The normalized spacial score (nSPS) is 21.8.